The van der Waals surface area contributed by atoms with Crippen molar-refractivity contribution in [3.8, 4) is 29.1 Å². The van der Waals surface area contributed by atoms with Gasteiger partial charge in [0.25, 0.3) is 5.91 Å². The van der Waals surface area contributed by atoms with Crippen molar-refractivity contribution in [2.24, 2.45) is 5.10 Å². The van der Waals surface area contributed by atoms with E-state index in [1.54, 1.807) is 19.1 Å². The first kappa shape index (κ1) is 21.1. The average Bonchev–Trinajstić information content (AvgIpc) is 2.67. The van der Waals surface area contributed by atoms with E-state index in [9.17, 15) is 15.0 Å². The molecule has 2 aromatic rings. The number of methoxy groups -OCH3 is 2. The Morgan fingerprint density at radius 3 is 2.64 bits per heavy atom. The molecule has 7 nitrogen and oxygen atoms in total. The van der Waals surface area contributed by atoms with E-state index >= 15 is 0 Å². The number of hydrogen-bond acceptors (Lipinski definition) is 6. The van der Waals surface area contributed by atoms with Gasteiger partial charge >= 0.3 is 0 Å². The molecule has 0 aliphatic carbocycles. The van der Waals surface area contributed by atoms with Gasteiger partial charge in [0.15, 0.2) is 11.5 Å². The lowest BCUT2D eigenvalue weighted by molar-refractivity contribution is 0.0955. The topological polar surface area (TPSA) is 100 Å². The first-order valence-electron chi connectivity index (χ1n) is 8.13. The summed E-state index contributed by atoms with van der Waals surface area (Å²) in [5.74, 6) is 5.72. The van der Waals surface area contributed by atoms with Crippen LogP contribution in [0.5, 0.6) is 17.2 Å². The van der Waals surface area contributed by atoms with E-state index in [-0.39, 0.29) is 16.3 Å². The minimum atomic E-state index is -0.801. The maximum Gasteiger partial charge on any atom is 0.271 e. The van der Waals surface area contributed by atoms with Crippen molar-refractivity contribution in [2.45, 2.75) is 13.0 Å². The lowest BCUT2D eigenvalue weighted by atomic mass is 10.1. The molecule has 8 heteroatoms. The normalized spacial score (nSPS) is 11.5. The summed E-state index contributed by atoms with van der Waals surface area (Å²) in [5.41, 5.74) is 3.71. The highest BCUT2D eigenvalue weighted by Gasteiger charge is 2.11. The number of carbonyl (C=O) groups excluding carboxylic acids is 1. The minimum absolute atomic E-state index is 0.0675. The zero-order valence-electron chi connectivity index (χ0n) is 15.5. The quantitative estimate of drug-likeness (QED) is 0.405. The van der Waals surface area contributed by atoms with Crippen LogP contribution in [0.15, 0.2) is 35.4 Å². The second-order valence-corrected chi connectivity index (χ2v) is 6.02. The third-order valence-corrected chi connectivity index (χ3v) is 3.81. The number of nitrogens with zero attached hydrogens (tertiary/aromatic N) is 1. The third kappa shape index (κ3) is 5.39. The number of nitrogens with one attached hydrogen (secondary N) is 1. The lowest BCUT2D eigenvalue weighted by Gasteiger charge is -2.10. The fourth-order valence-corrected chi connectivity index (χ4v) is 2.39. The van der Waals surface area contributed by atoms with Crippen molar-refractivity contribution < 1.29 is 24.5 Å². The molecular formula is C20H19ClN2O5. The standard InChI is InChI=1S/C20H19ClN2O5/c1-12(24)4-5-14-8-13(9-18(27-2)19(14)28-3)11-22-23-20(26)15-6-7-17(25)16(21)10-15/h6-12,24-25H,1-3H3,(H,23,26)/b22-11+. The number of halogens is 1. The smallest absolute Gasteiger partial charge is 0.271 e. The first-order valence-corrected chi connectivity index (χ1v) is 8.51. The second-order valence-electron chi connectivity index (χ2n) is 5.61. The van der Waals surface area contributed by atoms with Crippen LogP contribution in [0, 0.1) is 11.8 Å². The zero-order chi connectivity index (χ0) is 20.7. The average molecular weight is 403 g/mol. The van der Waals surface area contributed by atoms with Crippen LogP contribution in [-0.2, 0) is 0 Å². The number of aromatic hydroxyl groups is 1. The largest absolute Gasteiger partial charge is 0.506 e. The van der Waals surface area contributed by atoms with Crippen molar-refractivity contribution in [1.29, 1.82) is 0 Å². The van der Waals surface area contributed by atoms with Gasteiger partial charge in [-0.1, -0.05) is 23.4 Å². The van der Waals surface area contributed by atoms with Crippen LogP contribution in [0.25, 0.3) is 0 Å². The highest BCUT2D eigenvalue weighted by molar-refractivity contribution is 6.32. The number of ether oxygens (including phenoxy) is 2. The van der Waals surface area contributed by atoms with Crippen molar-refractivity contribution >= 4 is 23.7 Å². The van der Waals surface area contributed by atoms with Crippen LogP contribution >= 0.6 is 11.6 Å². The Bertz CT molecular complexity index is 961. The van der Waals surface area contributed by atoms with Gasteiger partial charge in [0.05, 0.1) is 31.0 Å². The Morgan fingerprint density at radius 2 is 2.04 bits per heavy atom. The number of rotatable bonds is 5. The summed E-state index contributed by atoms with van der Waals surface area (Å²) in [6.45, 7) is 1.55. The van der Waals surface area contributed by atoms with Gasteiger partial charge in [-0.2, -0.15) is 5.10 Å². The maximum atomic E-state index is 12.1. The Morgan fingerprint density at radius 1 is 1.29 bits per heavy atom. The number of benzene rings is 2. The molecule has 3 N–H and O–H groups in total. The van der Waals surface area contributed by atoms with Gasteiger partial charge in [-0.15, -0.1) is 0 Å². The molecule has 0 spiro atoms. The van der Waals surface area contributed by atoms with Crippen LogP contribution in [-0.4, -0.2) is 42.7 Å². The van der Waals surface area contributed by atoms with Gasteiger partial charge in [-0.25, -0.2) is 5.43 Å². The van der Waals surface area contributed by atoms with Crippen LogP contribution in [0.4, 0.5) is 0 Å². The molecule has 146 valence electrons. The third-order valence-electron chi connectivity index (χ3n) is 3.51. The predicted octanol–water partition coefficient (Wildman–Crippen LogP) is 2.56. The number of aliphatic hydroxyl groups excluding tert-OH is 1. The summed E-state index contributed by atoms with van der Waals surface area (Å²) >= 11 is 5.79. The molecular weight excluding hydrogens is 384 g/mol. The van der Waals surface area contributed by atoms with Crippen molar-refractivity contribution in [3.05, 3.63) is 52.0 Å². The summed E-state index contributed by atoms with van der Waals surface area (Å²) in [6, 6.07) is 7.43. The number of amides is 1. The fraction of sp³-hybridized carbons (Fsp3) is 0.200. The van der Waals surface area contributed by atoms with E-state index in [0.29, 0.717) is 22.6 Å². The van der Waals surface area contributed by atoms with Gasteiger partial charge in [0.2, 0.25) is 0 Å². The number of hydrazone groups is 1. The molecule has 0 aromatic heterocycles. The Hall–Kier alpha value is -3.21. The van der Waals surface area contributed by atoms with E-state index in [4.69, 9.17) is 21.1 Å². The second kappa shape index (κ2) is 9.65. The summed E-state index contributed by atoms with van der Waals surface area (Å²) in [4.78, 5) is 12.1. The molecule has 28 heavy (non-hydrogen) atoms. The first-order chi connectivity index (χ1) is 13.3. The molecule has 1 amide bonds. The van der Waals surface area contributed by atoms with E-state index < -0.39 is 12.0 Å². The SMILES string of the molecule is COc1cc(/C=N/NC(=O)c2ccc(O)c(Cl)c2)cc(C#CC(C)O)c1OC. The molecule has 2 aromatic carbocycles. The highest BCUT2D eigenvalue weighted by atomic mass is 35.5. The van der Waals surface area contributed by atoms with Crippen molar-refractivity contribution in [3.63, 3.8) is 0 Å². The molecule has 0 aliphatic heterocycles. The summed E-state index contributed by atoms with van der Waals surface area (Å²) in [7, 11) is 2.98. The van der Waals surface area contributed by atoms with E-state index in [1.165, 1.54) is 38.6 Å². The number of phenolic OH excluding ortho intramolecular Hbond substituents is 1. The van der Waals surface area contributed by atoms with Gasteiger partial charge in [-0.3, -0.25) is 4.79 Å². The Balaban J connectivity index is 2.24. The highest BCUT2D eigenvalue weighted by Crippen LogP contribution is 2.31. The van der Waals surface area contributed by atoms with E-state index in [0.717, 1.165) is 0 Å². The fourth-order valence-electron chi connectivity index (χ4n) is 2.21. The molecule has 0 aliphatic rings. The molecule has 1 atom stereocenters. The van der Waals surface area contributed by atoms with Gasteiger partial charge in [-0.05, 0) is 42.8 Å². The maximum absolute atomic E-state index is 12.1. The van der Waals surface area contributed by atoms with Crippen molar-refractivity contribution in [1.82, 2.24) is 5.43 Å². The van der Waals surface area contributed by atoms with Crippen LogP contribution in [0.1, 0.15) is 28.4 Å². The molecule has 2 rings (SSSR count). The monoisotopic (exact) mass is 402 g/mol. The zero-order valence-corrected chi connectivity index (χ0v) is 16.2. The molecule has 0 fully saturated rings. The lowest BCUT2D eigenvalue weighted by Crippen LogP contribution is -2.17. The molecule has 0 radical (unpaired) electrons. The molecule has 0 bridgehead atoms. The van der Waals surface area contributed by atoms with Crippen LogP contribution in [0.3, 0.4) is 0 Å². The summed E-state index contributed by atoms with van der Waals surface area (Å²) in [6.07, 6.45) is 0.611. The predicted molar refractivity (Wildman–Crippen MR) is 106 cm³/mol. The molecule has 1 unspecified atom stereocenters. The van der Waals surface area contributed by atoms with E-state index in [2.05, 4.69) is 22.4 Å². The summed E-state index contributed by atoms with van der Waals surface area (Å²) in [5, 5.41) is 22.8. The van der Waals surface area contributed by atoms with Crippen LogP contribution in [0.2, 0.25) is 5.02 Å². The molecule has 0 saturated heterocycles. The Labute approximate surface area is 167 Å². The number of phenols is 1. The summed E-state index contributed by atoms with van der Waals surface area (Å²) < 4.78 is 10.6. The number of aliphatic hydroxyl groups is 1. The number of hydrogen-bond donors (Lipinski definition) is 3. The van der Waals surface area contributed by atoms with Gasteiger partial charge in [0, 0.05) is 5.56 Å². The minimum Gasteiger partial charge on any atom is -0.506 e. The molecule has 0 heterocycles. The van der Waals surface area contributed by atoms with Crippen molar-refractivity contribution in [2.75, 3.05) is 14.2 Å². The van der Waals surface area contributed by atoms with Crippen LogP contribution < -0.4 is 14.9 Å². The van der Waals surface area contributed by atoms with Gasteiger partial charge < -0.3 is 19.7 Å². The number of carbonyl (C=O) groups is 1. The van der Waals surface area contributed by atoms with Gasteiger partial charge in [0.1, 0.15) is 11.9 Å². The molecule has 0 saturated carbocycles. The Kier molecular flexibility index (Phi) is 7.27. The van der Waals surface area contributed by atoms with E-state index in [1.807, 2.05) is 0 Å².